The molecule has 2 heterocycles. The first kappa shape index (κ1) is 8.97. The van der Waals surface area contributed by atoms with Gasteiger partial charge in [0.15, 0.2) is 0 Å². The number of piperazine rings is 1. The summed E-state index contributed by atoms with van der Waals surface area (Å²) in [6.07, 6.45) is 0.519. The summed E-state index contributed by atoms with van der Waals surface area (Å²) in [5.41, 5.74) is 0.126. The maximum Gasteiger partial charge on any atom is 0.135 e. The van der Waals surface area contributed by atoms with Gasteiger partial charge in [0, 0.05) is 18.5 Å². The molecule has 2 atom stereocenters. The van der Waals surface area contributed by atoms with Crippen molar-refractivity contribution in [2.24, 2.45) is 10.4 Å². The summed E-state index contributed by atoms with van der Waals surface area (Å²) in [5, 5.41) is 10.2. The lowest BCUT2D eigenvalue weighted by Gasteiger charge is -2.27. The van der Waals surface area contributed by atoms with Gasteiger partial charge in [0.05, 0.1) is 0 Å². The molecule has 1 saturated heterocycles. The number of nitrogens with one attached hydrogen (secondary N) is 3. The van der Waals surface area contributed by atoms with Crippen LogP contribution in [-0.4, -0.2) is 31.3 Å². The molecule has 2 rings (SSSR count). The van der Waals surface area contributed by atoms with Crippen LogP contribution in [0.1, 0.15) is 20.8 Å². The number of aliphatic imine (C=N–C) groups is 1. The molecule has 74 valence electrons. The van der Waals surface area contributed by atoms with Gasteiger partial charge in [0.25, 0.3) is 0 Å². The van der Waals surface area contributed by atoms with E-state index in [1.807, 2.05) is 0 Å². The van der Waals surface area contributed by atoms with E-state index in [9.17, 15) is 0 Å². The highest BCUT2D eigenvalue weighted by atomic mass is 15.3. The maximum atomic E-state index is 4.61. The van der Waals surface area contributed by atoms with E-state index in [4.69, 9.17) is 0 Å². The van der Waals surface area contributed by atoms with Crippen LogP contribution in [0.3, 0.4) is 0 Å². The van der Waals surface area contributed by atoms with Crippen molar-refractivity contribution in [3.63, 3.8) is 0 Å². The van der Waals surface area contributed by atoms with Crippen LogP contribution in [0.25, 0.3) is 0 Å². The largest absolute Gasteiger partial charge is 0.355 e. The molecule has 0 aromatic carbocycles. The molecule has 4 nitrogen and oxygen atoms in total. The smallest absolute Gasteiger partial charge is 0.135 e. The van der Waals surface area contributed by atoms with Crippen molar-refractivity contribution in [1.82, 2.24) is 16.0 Å². The number of amidine groups is 1. The van der Waals surface area contributed by atoms with Crippen LogP contribution in [-0.2, 0) is 0 Å². The van der Waals surface area contributed by atoms with E-state index in [2.05, 4.69) is 41.7 Å². The molecule has 13 heavy (non-hydrogen) atoms. The van der Waals surface area contributed by atoms with Crippen LogP contribution in [0.4, 0.5) is 0 Å². The Morgan fingerprint density at radius 1 is 1.23 bits per heavy atom. The van der Waals surface area contributed by atoms with Gasteiger partial charge in [-0.05, 0) is 0 Å². The second-order valence-electron chi connectivity index (χ2n) is 4.70. The van der Waals surface area contributed by atoms with Gasteiger partial charge >= 0.3 is 0 Å². The molecule has 0 aromatic rings. The average Bonchev–Trinajstić information content (AvgIpc) is 2.45. The summed E-state index contributed by atoms with van der Waals surface area (Å²) >= 11 is 0. The van der Waals surface area contributed by atoms with Crippen LogP contribution >= 0.6 is 0 Å². The summed E-state index contributed by atoms with van der Waals surface area (Å²) < 4.78 is 0. The highest BCUT2D eigenvalue weighted by molar-refractivity contribution is 5.89. The van der Waals surface area contributed by atoms with E-state index in [1.165, 1.54) is 0 Å². The first-order valence-electron chi connectivity index (χ1n) is 4.89. The Balaban J connectivity index is 2.09. The summed E-state index contributed by atoms with van der Waals surface area (Å²) in [6, 6.07) is 0. The van der Waals surface area contributed by atoms with Crippen molar-refractivity contribution in [3.05, 3.63) is 0 Å². The normalized spacial score (nSPS) is 33.6. The molecule has 0 bridgehead atoms. The lowest BCUT2D eigenvalue weighted by molar-refractivity contribution is 0.333. The molecule has 3 N–H and O–H groups in total. The number of fused-ring (bicyclic) bond motifs is 1. The predicted molar refractivity (Wildman–Crippen MR) is 53.6 cm³/mol. The quantitative estimate of drug-likeness (QED) is 0.489. The van der Waals surface area contributed by atoms with Crippen molar-refractivity contribution in [2.45, 2.75) is 33.1 Å². The molecule has 4 heteroatoms. The van der Waals surface area contributed by atoms with Gasteiger partial charge in [-0.25, -0.2) is 4.99 Å². The first-order chi connectivity index (χ1) is 6.07. The monoisotopic (exact) mass is 182 g/mol. The molecular weight excluding hydrogens is 164 g/mol. The molecule has 2 unspecified atom stereocenters. The fourth-order valence-electron chi connectivity index (χ4n) is 1.66. The number of hydrogen-bond donors (Lipinski definition) is 3. The highest BCUT2D eigenvalue weighted by Crippen LogP contribution is 2.19. The van der Waals surface area contributed by atoms with Crippen LogP contribution in [0.5, 0.6) is 0 Å². The Morgan fingerprint density at radius 3 is 2.54 bits per heavy atom. The van der Waals surface area contributed by atoms with Gasteiger partial charge in [0.2, 0.25) is 0 Å². The highest BCUT2D eigenvalue weighted by Gasteiger charge is 2.34. The van der Waals surface area contributed by atoms with Crippen molar-refractivity contribution in [3.8, 4) is 0 Å². The van der Waals surface area contributed by atoms with E-state index in [0.29, 0.717) is 6.17 Å². The second kappa shape index (κ2) is 2.96. The Hall–Kier alpha value is -0.610. The Bertz CT molecular complexity index is 228. The Kier molecular flexibility index (Phi) is 2.04. The Labute approximate surface area is 79.2 Å². The van der Waals surface area contributed by atoms with Crippen molar-refractivity contribution in [2.75, 3.05) is 13.1 Å². The summed E-state index contributed by atoms with van der Waals surface area (Å²) in [5.74, 6) is 1.10. The average molecular weight is 182 g/mol. The van der Waals surface area contributed by atoms with Crippen molar-refractivity contribution in [1.29, 1.82) is 0 Å². The van der Waals surface area contributed by atoms with Gasteiger partial charge in [0.1, 0.15) is 18.2 Å². The zero-order valence-corrected chi connectivity index (χ0v) is 8.52. The van der Waals surface area contributed by atoms with Crippen molar-refractivity contribution >= 4 is 5.84 Å². The van der Waals surface area contributed by atoms with E-state index in [0.717, 1.165) is 18.9 Å². The molecule has 2 aliphatic rings. The SMILES string of the molecule is CC(C)(C)C1=NC2NCCNC2N1. The Morgan fingerprint density at radius 2 is 1.92 bits per heavy atom. The minimum Gasteiger partial charge on any atom is -0.355 e. The lowest BCUT2D eigenvalue weighted by atomic mass is 9.95. The summed E-state index contributed by atoms with van der Waals surface area (Å²) in [6.45, 7) is 8.55. The fraction of sp³-hybridized carbons (Fsp3) is 0.889. The third-order valence-corrected chi connectivity index (χ3v) is 2.43. The van der Waals surface area contributed by atoms with Gasteiger partial charge in [-0.2, -0.15) is 0 Å². The van der Waals surface area contributed by atoms with Crippen LogP contribution in [0, 0.1) is 5.41 Å². The lowest BCUT2D eigenvalue weighted by Crippen LogP contribution is -2.58. The number of rotatable bonds is 0. The summed E-state index contributed by atoms with van der Waals surface area (Å²) in [7, 11) is 0. The van der Waals surface area contributed by atoms with E-state index in [-0.39, 0.29) is 11.6 Å². The first-order valence-corrected chi connectivity index (χ1v) is 4.89. The molecule has 0 saturated carbocycles. The second-order valence-corrected chi connectivity index (χ2v) is 4.70. The zero-order valence-electron chi connectivity index (χ0n) is 8.52. The zero-order chi connectivity index (χ0) is 9.47. The molecule has 2 aliphatic heterocycles. The molecule has 0 aromatic heterocycles. The predicted octanol–water partition coefficient (Wildman–Crippen LogP) is -0.121. The van der Waals surface area contributed by atoms with Gasteiger partial charge in [-0.1, -0.05) is 20.8 Å². The fourth-order valence-corrected chi connectivity index (χ4v) is 1.66. The third kappa shape index (κ3) is 1.69. The minimum absolute atomic E-state index is 0.126. The van der Waals surface area contributed by atoms with Gasteiger partial charge < -0.3 is 5.32 Å². The number of hydrogen-bond acceptors (Lipinski definition) is 4. The van der Waals surface area contributed by atoms with Crippen molar-refractivity contribution < 1.29 is 0 Å². The van der Waals surface area contributed by atoms with E-state index in [1.54, 1.807) is 0 Å². The summed E-state index contributed by atoms with van der Waals surface area (Å²) in [4.78, 5) is 4.61. The topological polar surface area (TPSA) is 48.5 Å². The number of nitrogens with zero attached hydrogens (tertiary/aromatic N) is 1. The third-order valence-electron chi connectivity index (χ3n) is 2.43. The molecule has 0 aliphatic carbocycles. The molecule has 1 fully saturated rings. The van der Waals surface area contributed by atoms with Crippen LogP contribution < -0.4 is 16.0 Å². The molecule has 0 spiro atoms. The van der Waals surface area contributed by atoms with Crippen LogP contribution in [0.2, 0.25) is 0 Å². The maximum absolute atomic E-state index is 4.61. The van der Waals surface area contributed by atoms with Crippen LogP contribution in [0.15, 0.2) is 4.99 Å². The standard InChI is InChI=1S/C9H18N4/c1-9(2,3)8-12-6-7(13-8)11-5-4-10-6/h6-7,10-11H,4-5H2,1-3H3,(H,12,13). The van der Waals surface area contributed by atoms with E-state index >= 15 is 0 Å². The molecule has 0 radical (unpaired) electrons. The molecular formula is C9H18N4. The van der Waals surface area contributed by atoms with E-state index < -0.39 is 0 Å². The molecule has 0 amide bonds. The van der Waals surface area contributed by atoms with Gasteiger partial charge in [-0.3, -0.25) is 10.6 Å². The van der Waals surface area contributed by atoms with Gasteiger partial charge in [-0.15, -0.1) is 0 Å². The minimum atomic E-state index is 0.126.